The standard InChI is InChI=1S/C16H20BrN3O/c1-20-11-12(9-19-20)6-7-21-16-5-2-14(17)8-13(16)10-18-15-3-4-15/h2,5,8-9,11,15,18H,3-4,6-7,10H2,1H3. The fourth-order valence-electron chi connectivity index (χ4n) is 2.25. The van der Waals surface area contributed by atoms with Gasteiger partial charge in [0.05, 0.1) is 12.8 Å². The number of aromatic nitrogens is 2. The molecule has 0 aliphatic heterocycles. The van der Waals surface area contributed by atoms with E-state index < -0.39 is 0 Å². The number of nitrogens with one attached hydrogen (secondary N) is 1. The highest BCUT2D eigenvalue weighted by atomic mass is 79.9. The van der Waals surface area contributed by atoms with Crippen LogP contribution in [0.4, 0.5) is 0 Å². The second-order valence-electron chi connectivity index (χ2n) is 5.53. The fourth-order valence-corrected chi connectivity index (χ4v) is 2.66. The molecule has 1 heterocycles. The third-order valence-electron chi connectivity index (χ3n) is 3.59. The van der Waals surface area contributed by atoms with Crippen molar-refractivity contribution in [1.29, 1.82) is 0 Å². The fraction of sp³-hybridized carbons (Fsp3) is 0.438. The van der Waals surface area contributed by atoms with Crippen molar-refractivity contribution in [3.05, 3.63) is 46.2 Å². The number of ether oxygens (including phenoxy) is 1. The van der Waals surface area contributed by atoms with Crippen LogP contribution >= 0.6 is 15.9 Å². The lowest BCUT2D eigenvalue weighted by molar-refractivity contribution is 0.317. The van der Waals surface area contributed by atoms with E-state index >= 15 is 0 Å². The maximum absolute atomic E-state index is 5.96. The summed E-state index contributed by atoms with van der Waals surface area (Å²) in [5.41, 5.74) is 2.41. The number of rotatable bonds is 7. The molecule has 5 heteroatoms. The molecule has 0 amide bonds. The molecule has 4 nitrogen and oxygen atoms in total. The smallest absolute Gasteiger partial charge is 0.123 e. The molecule has 0 spiro atoms. The Bertz CT molecular complexity index is 607. The van der Waals surface area contributed by atoms with E-state index in [4.69, 9.17) is 4.74 Å². The molecule has 0 radical (unpaired) electrons. The van der Waals surface area contributed by atoms with Crippen molar-refractivity contribution in [2.45, 2.75) is 31.8 Å². The van der Waals surface area contributed by atoms with Gasteiger partial charge in [0.15, 0.2) is 0 Å². The summed E-state index contributed by atoms with van der Waals surface area (Å²) in [6, 6.07) is 6.90. The summed E-state index contributed by atoms with van der Waals surface area (Å²) in [6.07, 6.45) is 7.39. The Morgan fingerprint density at radius 3 is 3.00 bits per heavy atom. The number of benzene rings is 1. The van der Waals surface area contributed by atoms with Crippen LogP contribution in [0.3, 0.4) is 0 Å². The molecule has 21 heavy (non-hydrogen) atoms. The quantitative estimate of drug-likeness (QED) is 0.834. The number of hydrogen-bond acceptors (Lipinski definition) is 3. The Morgan fingerprint density at radius 1 is 1.43 bits per heavy atom. The van der Waals surface area contributed by atoms with Gasteiger partial charge in [0, 0.05) is 42.3 Å². The zero-order chi connectivity index (χ0) is 14.7. The molecule has 2 aromatic rings. The normalized spacial score (nSPS) is 14.4. The molecule has 0 bridgehead atoms. The van der Waals surface area contributed by atoms with Gasteiger partial charge >= 0.3 is 0 Å². The van der Waals surface area contributed by atoms with Crippen LogP contribution in [-0.4, -0.2) is 22.4 Å². The molecule has 0 saturated heterocycles. The molecule has 112 valence electrons. The average molecular weight is 350 g/mol. The zero-order valence-corrected chi connectivity index (χ0v) is 13.8. The van der Waals surface area contributed by atoms with Crippen LogP contribution in [0.25, 0.3) is 0 Å². The van der Waals surface area contributed by atoms with Gasteiger partial charge in [0.1, 0.15) is 5.75 Å². The summed E-state index contributed by atoms with van der Waals surface area (Å²) in [7, 11) is 1.93. The van der Waals surface area contributed by atoms with Gasteiger partial charge in [-0.05, 0) is 36.6 Å². The Hall–Kier alpha value is -1.33. The van der Waals surface area contributed by atoms with Gasteiger partial charge < -0.3 is 10.1 Å². The first-order valence-corrected chi connectivity index (χ1v) is 8.12. The Balaban J connectivity index is 1.57. The predicted molar refractivity (Wildman–Crippen MR) is 86.4 cm³/mol. The molecule has 1 N–H and O–H groups in total. The molecule has 1 aromatic heterocycles. The number of aryl methyl sites for hydroxylation is 1. The van der Waals surface area contributed by atoms with Gasteiger partial charge in [0.2, 0.25) is 0 Å². The highest BCUT2D eigenvalue weighted by Crippen LogP contribution is 2.25. The maximum atomic E-state index is 5.96. The average Bonchev–Trinajstić information content (AvgIpc) is 3.20. The van der Waals surface area contributed by atoms with Gasteiger partial charge in [-0.25, -0.2) is 0 Å². The topological polar surface area (TPSA) is 39.1 Å². The van der Waals surface area contributed by atoms with Crippen molar-refractivity contribution in [2.24, 2.45) is 7.05 Å². The predicted octanol–water partition coefficient (Wildman–Crippen LogP) is 3.06. The summed E-state index contributed by atoms with van der Waals surface area (Å²) in [4.78, 5) is 0. The molecular weight excluding hydrogens is 330 g/mol. The van der Waals surface area contributed by atoms with Crippen molar-refractivity contribution < 1.29 is 4.74 Å². The number of halogens is 1. The SMILES string of the molecule is Cn1cc(CCOc2ccc(Br)cc2CNC2CC2)cn1. The minimum absolute atomic E-state index is 0.670. The van der Waals surface area contributed by atoms with Gasteiger partial charge in [-0.15, -0.1) is 0 Å². The summed E-state index contributed by atoms with van der Waals surface area (Å²) < 4.78 is 8.87. The summed E-state index contributed by atoms with van der Waals surface area (Å²) in [6.45, 7) is 1.54. The lowest BCUT2D eigenvalue weighted by Crippen LogP contribution is -2.16. The monoisotopic (exact) mass is 349 g/mol. The van der Waals surface area contributed by atoms with Gasteiger partial charge in [-0.1, -0.05) is 15.9 Å². The van der Waals surface area contributed by atoms with E-state index in [1.165, 1.54) is 24.0 Å². The number of hydrogen-bond donors (Lipinski definition) is 1. The summed E-state index contributed by atoms with van der Waals surface area (Å²) in [5, 5.41) is 7.71. The van der Waals surface area contributed by atoms with Crippen LogP contribution < -0.4 is 10.1 Å². The van der Waals surface area contributed by atoms with Gasteiger partial charge in [0.25, 0.3) is 0 Å². The second kappa shape index (κ2) is 6.62. The second-order valence-corrected chi connectivity index (χ2v) is 6.44. The van der Waals surface area contributed by atoms with Gasteiger partial charge in [-0.3, -0.25) is 4.68 Å². The van der Waals surface area contributed by atoms with Crippen LogP contribution in [0.1, 0.15) is 24.0 Å². The van der Waals surface area contributed by atoms with Crippen molar-refractivity contribution in [3.8, 4) is 5.75 Å². The third-order valence-corrected chi connectivity index (χ3v) is 4.08. The van der Waals surface area contributed by atoms with Crippen LogP contribution in [0, 0.1) is 0 Å². The van der Waals surface area contributed by atoms with Gasteiger partial charge in [-0.2, -0.15) is 5.10 Å². The largest absolute Gasteiger partial charge is 0.493 e. The first-order valence-electron chi connectivity index (χ1n) is 7.33. The van der Waals surface area contributed by atoms with E-state index in [-0.39, 0.29) is 0 Å². The highest BCUT2D eigenvalue weighted by molar-refractivity contribution is 9.10. The van der Waals surface area contributed by atoms with Crippen molar-refractivity contribution in [1.82, 2.24) is 15.1 Å². The van der Waals surface area contributed by atoms with E-state index in [0.717, 1.165) is 23.2 Å². The molecule has 0 unspecified atom stereocenters. The molecular formula is C16H20BrN3O. The molecule has 1 aromatic carbocycles. The van der Waals surface area contributed by atoms with Crippen LogP contribution in [0.5, 0.6) is 5.75 Å². The molecule has 1 saturated carbocycles. The molecule has 3 rings (SSSR count). The lowest BCUT2D eigenvalue weighted by atomic mass is 10.2. The van der Waals surface area contributed by atoms with Crippen molar-refractivity contribution >= 4 is 15.9 Å². The Morgan fingerprint density at radius 2 is 2.29 bits per heavy atom. The van der Waals surface area contributed by atoms with E-state index in [9.17, 15) is 0 Å². The van der Waals surface area contributed by atoms with Crippen LogP contribution in [0.15, 0.2) is 35.1 Å². The molecule has 1 aliphatic carbocycles. The molecule has 1 aliphatic rings. The van der Waals surface area contributed by atoms with Crippen molar-refractivity contribution in [2.75, 3.05) is 6.61 Å². The third kappa shape index (κ3) is 4.32. The van der Waals surface area contributed by atoms with E-state index in [0.29, 0.717) is 12.6 Å². The van der Waals surface area contributed by atoms with Crippen molar-refractivity contribution in [3.63, 3.8) is 0 Å². The maximum Gasteiger partial charge on any atom is 0.123 e. The summed E-state index contributed by atoms with van der Waals surface area (Å²) in [5.74, 6) is 0.968. The minimum Gasteiger partial charge on any atom is -0.493 e. The first-order chi connectivity index (χ1) is 10.2. The van der Waals surface area contributed by atoms with E-state index in [1.807, 2.05) is 36.3 Å². The lowest BCUT2D eigenvalue weighted by Gasteiger charge is -2.12. The minimum atomic E-state index is 0.670. The summed E-state index contributed by atoms with van der Waals surface area (Å²) >= 11 is 3.53. The molecule has 1 fully saturated rings. The Kier molecular flexibility index (Phi) is 4.60. The first kappa shape index (κ1) is 14.6. The Labute approximate surface area is 133 Å². The van der Waals surface area contributed by atoms with E-state index in [1.54, 1.807) is 0 Å². The highest BCUT2D eigenvalue weighted by Gasteiger charge is 2.20. The zero-order valence-electron chi connectivity index (χ0n) is 12.2. The number of nitrogens with zero attached hydrogens (tertiary/aromatic N) is 2. The van der Waals surface area contributed by atoms with E-state index in [2.05, 4.69) is 32.4 Å². The van der Waals surface area contributed by atoms with Crippen LogP contribution in [0.2, 0.25) is 0 Å². The van der Waals surface area contributed by atoms with Crippen LogP contribution in [-0.2, 0) is 20.0 Å². The molecule has 0 atom stereocenters.